The van der Waals surface area contributed by atoms with Gasteiger partial charge in [0.1, 0.15) is 35.6 Å². The van der Waals surface area contributed by atoms with Crippen LogP contribution in [0.1, 0.15) is 91.6 Å². The van der Waals surface area contributed by atoms with Crippen molar-refractivity contribution in [2.24, 2.45) is 22.9 Å². The molecule has 1 saturated heterocycles. The van der Waals surface area contributed by atoms with Gasteiger partial charge in [-0.1, -0.05) is 60.5 Å². The molecule has 62 heavy (non-hydrogen) atoms. The lowest BCUT2D eigenvalue weighted by Gasteiger charge is -2.59. The Hall–Kier alpha value is -5.21. The summed E-state index contributed by atoms with van der Waals surface area (Å²) in [7, 11) is 3.22. The average Bonchev–Trinajstić information content (AvgIpc) is 3.31. The average molecular weight is 853 g/mol. The molecule has 0 bridgehead atoms. The fourth-order valence-corrected chi connectivity index (χ4v) is 9.66. The number of hydrogen-bond acceptors (Lipinski definition) is 12. The molecule has 7 atom stereocenters. The molecule has 4 aliphatic rings. The maximum absolute atomic E-state index is 14.2. The molecule has 3 aromatic rings. The van der Waals surface area contributed by atoms with Crippen molar-refractivity contribution in [2.75, 3.05) is 40.6 Å². The predicted molar refractivity (Wildman–Crippen MR) is 232 cm³/mol. The Bertz CT molecular complexity index is 2050. The third-order valence-corrected chi connectivity index (χ3v) is 12.6. The number of benzene rings is 3. The monoisotopic (exact) mass is 852 g/mol. The van der Waals surface area contributed by atoms with Gasteiger partial charge in [-0.15, -0.1) is 6.58 Å². The number of unbranched alkanes of at least 4 members (excludes halogenated alkanes) is 2. The van der Waals surface area contributed by atoms with Gasteiger partial charge in [-0.25, -0.2) is 4.79 Å². The standard InChI is InChI=1S/C49H60N2O11/c1-4-25-59-49-44(51(2)48(55)58-32-33-14-6-5-7-15-33)30-41(50-62-45-18-10-13-26-57-45)39-28-34(16-8-11-23-52)38(17-9-12-24-53)46(47(39)49)40-29-37(20-22-43(40)61-49)60-36-19-21-42(56-3)35(27-36)31-54/h4-7,14-15,19-22,27-29,31,34,38,44-47,52-53H,1,8-13,16-18,23-26,30,32H2,2-3H3/t34-,38+,44-,45?,46+,47+,49+/m0/s1. The van der Waals surface area contributed by atoms with Gasteiger partial charge in [-0.05, 0) is 97.9 Å². The number of oxime groups is 1. The van der Waals surface area contributed by atoms with E-state index in [2.05, 4.69) is 12.7 Å². The van der Waals surface area contributed by atoms with Crippen molar-refractivity contribution in [2.45, 2.75) is 94.9 Å². The van der Waals surface area contributed by atoms with Gasteiger partial charge >= 0.3 is 6.09 Å². The molecule has 0 aromatic heterocycles. The summed E-state index contributed by atoms with van der Waals surface area (Å²) in [6.07, 6.45) is 11.0. The van der Waals surface area contributed by atoms with Gasteiger partial charge in [0.2, 0.25) is 12.1 Å². The van der Waals surface area contributed by atoms with Crippen LogP contribution >= 0.6 is 0 Å². The number of methoxy groups -OCH3 is 1. The lowest BCUT2D eigenvalue weighted by molar-refractivity contribution is -0.254. The first-order chi connectivity index (χ1) is 30.3. The van der Waals surface area contributed by atoms with Crippen LogP contribution in [0.15, 0.2) is 96.2 Å². The molecule has 0 spiro atoms. The summed E-state index contributed by atoms with van der Waals surface area (Å²) in [5, 5.41) is 24.7. The van der Waals surface area contributed by atoms with Gasteiger partial charge < -0.3 is 48.4 Å². The predicted octanol–water partition coefficient (Wildman–Crippen LogP) is 8.73. The molecule has 13 nitrogen and oxygen atoms in total. The lowest BCUT2D eigenvalue weighted by atomic mass is 9.55. The van der Waals surface area contributed by atoms with Crippen LogP contribution in [0.4, 0.5) is 4.79 Å². The third kappa shape index (κ3) is 9.86. The van der Waals surface area contributed by atoms with Crippen LogP contribution in [0.3, 0.4) is 0 Å². The smallest absolute Gasteiger partial charge is 0.410 e. The second-order valence-electron chi connectivity index (χ2n) is 16.4. The summed E-state index contributed by atoms with van der Waals surface area (Å²) < 4.78 is 38.0. The highest BCUT2D eigenvalue weighted by molar-refractivity contribution is 6.03. The number of aldehydes is 1. The molecule has 1 amide bonds. The quantitative estimate of drug-likeness (QED) is 0.0485. The lowest BCUT2D eigenvalue weighted by Crippen LogP contribution is -2.69. The molecule has 2 aliphatic carbocycles. The molecule has 3 aromatic carbocycles. The molecule has 13 heteroatoms. The number of fused-ring (bicyclic) bond motifs is 2. The maximum atomic E-state index is 14.2. The van der Waals surface area contributed by atoms with Crippen molar-refractivity contribution >= 4 is 18.1 Å². The SMILES string of the molecule is C=CCO[C@@]12Oc3ccc(Oc4ccc(OC)c(C=O)c4)cc3[C@H]3[C@H](CCCCO)[C@@H](CCCCO)C=C(C(=NOC4CCCCO4)C[C@@H]1N(C)C(=O)OCc1ccccc1)[C@H]32. The van der Waals surface area contributed by atoms with Gasteiger partial charge in [0.05, 0.1) is 37.5 Å². The number of hydrogen-bond donors (Lipinski definition) is 2. The number of amides is 1. The highest BCUT2D eigenvalue weighted by atomic mass is 16.8. The zero-order chi connectivity index (χ0) is 43.5. The Labute approximate surface area is 364 Å². The summed E-state index contributed by atoms with van der Waals surface area (Å²) in [4.78, 5) is 33.9. The van der Waals surface area contributed by atoms with Crippen LogP contribution in [-0.2, 0) is 25.7 Å². The van der Waals surface area contributed by atoms with E-state index in [4.69, 9.17) is 38.4 Å². The maximum Gasteiger partial charge on any atom is 0.410 e. The van der Waals surface area contributed by atoms with Crippen molar-refractivity contribution in [1.82, 2.24) is 4.90 Å². The number of aliphatic hydroxyl groups is 2. The fraction of sp³-hybridized carbons (Fsp3) is 0.490. The van der Waals surface area contributed by atoms with Crippen molar-refractivity contribution in [3.05, 3.63) is 108 Å². The molecular weight excluding hydrogens is 793 g/mol. The van der Waals surface area contributed by atoms with E-state index in [1.807, 2.05) is 48.5 Å². The second kappa shape index (κ2) is 21.2. The van der Waals surface area contributed by atoms with Crippen molar-refractivity contribution in [3.8, 4) is 23.0 Å². The number of likely N-dealkylation sites (N-methyl/N-ethyl adjacent to an activating group) is 1. The zero-order valence-electron chi connectivity index (χ0n) is 35.8. The van der Waals surface area contributed by atoms with Crippen molar-refractivity contribution in [1.29, 1.82) is 0 Å². The Morgan fingerprint density at radius 3 is 2.50 bits per heavy atom. The Morgan fingerprint density at radius 1 is 1.00 bits per heavy atom. The van der Waals surface area contributed by atoms with E-state index in [9.17, 15) is 19.8 Å². The number of carbonyl (C=O) groups is 2. The third-order valence-electron chi connectivity index (χ3n) is 12.6. The molecule has 2 N–H and O–H groups in total. The van der Waals surface area contributed by atoms with Gasteiger partial charge in [0.15, 0.2) is 6.29 Å². The molecule has 332 valence electrons. The fourth-order valence-electron chi connectivity index (χ4n) is 9.66. The second-order valence-corrected chi connectivity index (χ2v) is 16.4. The molecular formula is C49H60N2O11. The van der Waals surface area contributed by atoms with E-state index < -0.39 is 30.1 Å². The number of carbonyl (C=O) groups excluding carboxylic acids is 2. The minimum Gasteiger partial charge on any atom is -0.496 e. The Balaban J connectivity index is 1.38. The summed E-state index contributed by atoms with van der Waals surface area (Å²) >= 11 is 0. The molecule has 2 heterocycles. The number of nitrogens with zero attached hydrogens (tertiary/aromatic N) is 2. The highest BCUT2D eigenvalue weighted by Crippen LogP contribution is 2.62. The molecule has 0 radical (unpaired) electrons. The van der Waals surface area contributed by atoms with E-state index in [1.165, 1.54) is 7.11 Å². The number of rotatable bonds is 20. The first kappa shape index (κ1) is 44.8. The minimum absolute atomic E-state index is 0.0131. The molecule has 1 saturated carbocycles. The van der Waals surface area contributed by atoms with Crippen molar-refractivity contribution in [3.63, 3.8) is 0 Å². The first-order valence-electron chi connectivity index (χ1n) is 21.9. The summed E-state index contributed by atoms with van der Waals surface area (Å²) in [6.45, 7) is 4.96. The minimum atomic E-state index is -1.44. The van der Waals surface area contributed by atoms with Gasteiger partial charge in [-0.3, -0.25) is 4.79 Å². The largest absolute Gasteiger partial charge is 0.496 e. The van der Waals surface area contributed by atoms with Gasteiger partial charge in [0, 0.05) is 44.6 Å². The van der Waals surface area contributed by atoms with Crippen LogP contribution in [0.2, 0.25) is 0 Å². The number of allylic oxidation sites excluding steroid dienone is 1. The van der Waals surface area contributed by atoms with Crippen LogP contribution in [0, 0.1) is 17.8 Å². The first-order valence-corrected chi connectivity index (χ1v) is 21.9. The summed E-state index contributed by atoms with van der Waals surface area (Å²) in [6, 6.07) is 19.6. The van der Waals surface area contributed by atoms with Crippen LogP contribution in [-0.4, -0.2) is 91.9 Å². The Kier molecular flexibility index (Phi) is 15.4. The van der Waals surface area contributed by atoms with E-state index in [0.717, 1.165) is 61.5 Å². The van der Waals surface area contributed by atoms with Crippen LogP contribution in [0.25, 0.3) is 0 Å². The molecule has 7 rings (SSSR count). The van der Waals surface area contributed by atoms with E-state index in [0.29, 0.717) is 60.1 Å². The topological polar surface area (TPSA) is 155 Å². The zero-order valence-corrected chi connectivity index (χ0v) is 35.8. The van der Waals surface area contributed by atoms with Gasteiger partial charge in [-0.2, -0.15) is 0 Å². The van der Waals surface area contributed by atoms with E-state index in [-0.39, 0.29) is 50.6 Å². The molecule has 1 unspecified atom stereocenters. The highest BCUT2D eigenvalue weighted by Gasteiger charge is 2.65. The number of ether oxygens (including phenoxy) is 6. The van der Waals surface area contributed by atoms with Crippen LogP contribution in [0.5, 0.6) is 23.0 Å². The summed E-state index contributed by atoms with van der Waals surface area (Å²) in [5.74, 6) is -0.142. The normalized spacial score (nSPS) is 25.6. The summed E-state index contributed by atoms with van der Waals surface area (Å²) in [5.41, 5.74) is 3.69. The number of aliphatic hydroxyl groups excluding tert-OH is 2. The Morgan fingerprint density at radius 2 is 1.77 bits per heavy atom. The van der Waals surface area contributed by atoms with Crippen LogP contribution < -0.4 is 14.2 Å². The molecule has 2 fully saturated rings. The molecule has 2 aliphatic heterocycles. The van der Waals surface area contributed by atoms with E-state index >= 15 is 0 Å². The van der Waals surface area contributed by atoms with E-state index in [1.54, 1.807) is 36.2 Å². The van der Waals surface area contributed by atoms with Crippen molar-refractivity contribution < 1.29 is 53.1 Å². The van der Waals surface area contributed by atoms with Gasteiger partial charge in [0.25, 0.3) is 0 Å².